The van der Waals surface area contributed by atoms with E-state index in [0.717, 1.165) is 16.2 Å². The fraction of sp³-hybridized carbons (Fsp3) is 0.615. The third-order valence-electron chi connectivity index (χ3n) is 3.93. The van der Waals surface area contributed by atoms with Crippen LogP contribution in [-0.4, -0.2) is 35.6 Å². The lowest BCUT2D eigenvalue weighted by atomic mass is 9.85. The standard InChI is InChI=1S/C13H18BrN3/c14-11-3-4-13(15-8-11)16-12-5-7-17-6-1-2-10(12)9-17/h3-4,8,10,12H,1-2,5-7,9H2,(H,15,16). The van der Waals surface area contributed by atoms with E-state index in [1.54, 1.807) is 0 Å². The van der Waals surface area contributed by atoms with E-state index in [0.29, 0.717) is 6.04 Å². The van der Waals surface area contributed by atoms with Crippen molar-refractivity contribution < 1.29 is 0 Å². The molecule has 3 heterocycles. The first-order valence-corrected chi connectivity index (χ1v) is 7.21. The van der Waals surface area contributed by atoms with Gasteiger partial charge in [-0.1, -0.05) is 0 Å². The van der Waals surface area contributed by atoms with Gasteiger partial charge in [-0.05, 0) is 59.8 Å². The monoisotopic (exact) mass is 295 g/mol. The average molecular weight is 296 g/mol. The summed E-state index contributed by atoms with van der Waals surface area (Å²) in [4.78, 5) is 7.01. The second kappa shape index (κ2) is 4.94. The van der Waals surface area contributed by atoms with E-state index in [1.165, 1.54) is 38.9 Å². The first-order valence-electron chi connectivity index (χ1n) is 6.42. The number of pyridine rings is 1. The van der Waals surface area contributed by atoms with Crippen molar-refractivity contribution in [2.45, 2.75) is 25.3 Å². The van der Waals surface area contributed by atoms with Crippen LogP contribution in [-0.2, 0) is 0 Å². The molecule has 0 saturated carbocycles. The maximum atomic E-state index is 4.41. The van der Waals surface area contributed by atoms with Crippen LogP contribution in [0.2, 0.25) is 0 Å². The zero-order valence-corrected chi connectivity index (χ0v) is 11.5. The first kappa shape index (κ1) is 11.5. The van der Waals surface area contributed by atoms with Gasteiger partial charge in [0, 0.05) is 29.8 Å². The van der Waals surface area contributed by atoms with Crippen LogP contribution in [0.4, 0.5) is 5.82 Å². The fourth-order valence-corrected chi connectivity index (χ4v) is 3.26. The van der Waals surface area contributed by atoms with E-state index in [9.17, 15) is 0 Å². The minimum Gasteiger partial charge on any atom is -0.367 e. The van der Waals surface area contributed by atoms with Crippen LogP contribution in [0.3, 0.4) is 0 Å². The normalized spacial score (nSPS) is 32.2. The van der Waals surface area contributed by atoms with E-state index in [2.05, 4.69) is 37.2 Å². The number of hydrogen-bond acceptors (Lipinski definition) is 3. The molecule has 1 N–H and O–H groups in total. The highest BCUT2D eigenvalue weighted by molar-refractivity contribution is 9.10. The van der Waals surface area contributed by atoms with Gasteiger partial charge >= 0.3 is 0 Å². The van der Waals surface area contributed by atoms with Gasteiger partial charge < -0.3 is 10.2 Å². The number of aromatic nitrogens is 1. The van der Waals surface area contributed by atoms with E-state index < -0.39 is 0 Å². The molecule has 3 rings (SSSR count). The van der Waals surface area contributed by atoms with Crippen molar-refractivity contribution in [2.24, 2.45) is 5.92 Å². The average Bonchev–Trinajstić information content (AvgIpc) is 2.36. The highest BCUT2D eigenvalue weighted by Gasteiger charge is 2.31. The van der Waals surface area contributed by atoms with Gasteiger partial charge in [0.1, 0.15) is 5.82 Å². The molecule has 3 unspecified atom stereocenters. The maximum Gasteiger partial charge on any atom is 0.126 e. The molecule has 4 heteroatoms. The van der Waals surface area contributed by atoms with Crippen molar-refractivity contribution in [1.29, 1.82) is 0 Å². The molecule has 3 atom stereocenters. The van der Waals surface area contributed by atoms with Crippen molar-refractivity contribution in [1.82, 2.24) is 9.88 Å². The van der Waals surface area contributed by atoms with Crippen molar-refractivity contribution >= 4 is 21.7 Å². The predicted octanol–water partition coefficient (Wildman–Crippen LogP) is 2.74. The summed E-state index contributed by atoms with van der Waals surface area (Å²) in [6.45, 7) is 3.82. The van der Waals surface area contributed by atoms with E-state index in [1.807, 2.05) is 12.3 Å². The highest BCUT2D eigenvalue weighted by atomic mass is 79.9. The summed E-state index contributed by atoms with van der Waals surface area (Å²) in [6.07, 6.45) is 5.84. The highest BCUT2D eigenvalue weighted by Crippen LogP contribution is 2.28. The largest absolute Gasteiger partial charge is 0.367 e. The maximum absolute atomic E-state index is 4.41. The Bertz CT molecular complexity index is 379. The summed E-state index contributed by atoms with van der Waals surface area (Å²) in [7, 11) is 0. The number of nitrogens with one attached hydrogen (secondary N) is 1. The molecule has 2 bridgehead atoms. The van der Waals surface area contributed by atoms with Gasteiger partial charge in [-0.15, -0.1) is 0 Å². The molecule has 0 radical (unpaired) electrons. The molecule has 2 saturated heterocycles. The summed E-state index contributed by atoms with van der Waals surface area (Å²) in [5.74, 6) is 1.82. The molecule has 3 nitrogen and oxygen atoms in total. The van der Waals surface area contributed by atoms with Crippen molar-refractivity contribution in [2.75, 3.05) is 25.0 Å². The Balaban J connectivity index is 1.66. The SMILES string of the molecule is Brc1ccc(NC2CCN3CCCC2C3)nc1. The number of rotatable bonds is 2. The molecule has 0 aliphatic carbocycles. The van der Waals surface area contributed by atoms with Gasteiger partial charge in [-0.25, -0.2) is 4.98 Å². The van der Waals surface area contributed by atoms with Gasteiger partial charge in [0.2, 0.25) is 0 Å². The van der Waals surface area contributed by atoms with E-state index in [-0.39, 0.29) is 0 Å². The molecule has 0 aromatic carbocycles. The molecule has 0 spiro atoms. The first-order chi connectivity index (χ1) is 8.31. The quantitative estimate of drug-likeness (QED) is 0.909. The fourth-order valence-electron chi connectivity index (χ4n) is 3.02. The van der Waals surface area contributed by atoms with E-state index >= 15 is 0 Å². The molecule has 1 aromatic rings. The van der Waals surface area contributed by atoms with Gasteiger partial charge in [0.15, 0.2) is 0 Å². The number of piperidine rings is 2. The minimum absolute atomic E-state index is 0.611. The van der Waals surface area contributed by atoms with Crippen LogP contribution < -0.4 is 5.32 Å². The lowest BCUT2D eigenvalue weighted by molar-refractivity contribution is 0.113. The van der Waals surface area contributed by atoms with Crippen LogP contribution in [0, 0.1) is 5.92 Å². The summed E-state index contributed by atoms with van der Waals surface area (Å²) in [6, 6.07) is 4.71. The molecular formula is C13H18BrN3. The third kappa shape index (κ3) is 2.63. The molecule has 92 valence electrons. The summed E-state index contributed by atoms with van der Waals surface area (Å²) < 4.78 is 1.04. The lowest BCUT2D eigenvalue weighted by Crippen LogP contribution is -2.49. The number of nitrogens with zero attached hydrogens (tertiary/aromatic N) is 2. The second-order valence-electron chi connectivity index (χ2n) is 5.10. The van der Waals surface area contributed by atoms with Gasteiger partial charge in [0.05, 0.1) is 0 Å². The van der Waals surface area contributed by atoms with Gasteiger partial charge in [-0.3, -0.25) is 0 Å². The summed E-state index contributed by atoms with van der Waals surface area (Å²) in [5.41, 5.74) is 0. The number of halogens is 1. The Morgan fingerprint density at radius 3 is 3.06 bits per heavy atom. The number of hydrogen-bond donors (Lipinski definition) is 1. The molecule has 2 fully saturated rings. The molecule has 2 aliphatic rings. The van der Waals surface area contributed by atoms with Crippen molar-refractivity contribution in [3.8, 4) is 0 Å². The Kier molecular flexibility index (Phi) is 3.34. The Morgan fingerprint density at radius 2 is 2.24 bits per heavy atom. The second-order valence-corrected chi connectivity index (χ2v) is 6.02. The van der Waals surface area contributed by atoms with E-state index in [4.69, 9.17) is 0 Å². The Labute approximate surface area is 111 Å². The third-order valence-corrected chi connectivity index (χ3v) is 4.40. The molecule has 17 heavy (non-hydrogen) atoms. The van der Waals surface area contributed by atoms with Crippen molar-refractivity contribution in [3.05, 3.63) is 22.8 Å². The van der Waals surface area contributed by atoms with Crippen LogP contribution in [0.15, 0.2) is 22.8 Å². The van der Waals surface area contributed by atoms with Crippen molar-refractivity contribution in [3.63, 3.8) is 0 Å². The van der Waals surface area contributed by atoms with Crippen LogP contribution in [0.25, 0.3) is 0 Å². The van der Waals surface area contributed by atoms with Gasteiger partial charge in [-0.2, -0.15) is 0 Å². The Morgan fingerprint density at radius 1 is 1.29 bits per heavy atom. The van der Waals surface area contributed by atoms with Crippen LogP contribution >= 0.6 is 15.9 Å². The van der Waals surface area contributed by atoms with Crippen LogP contribution in [0.1, 0.15) is 19.3 Å². The molecular weight excluding hydrogens is 278 g/mol. The number of fused-ring (bicyclic) bond motifs is 2. The Hall–Kier alpha value is -0.610. The predicted molar refractivity (Wildman–Crippen MR) is 73.1 cm³/mol. The zero-order chi connectivity index (χ0) is 11.7. The summed E-state index contributed by atoms with van der Waals surface area (Å²) >= 11 is 3.42. The molecule has 2 aliphatic heterocycles. The van der Waals surface area contributed by atoms with Gasteiger partial charge in [0.25, 0.3) is 0 Å². The molecule has 1 aromatic heterocycles. The molecule has 0 amide bonds. The summed E-state index contributed by atoms with van der Waals surface area (Å²) in [5, 5.41) is 3.60. The smallest absolute Gasteiger partial charge is 0.126 e. The van der Waals surface area contributed by atoms with Crippen LogP contribution in [0.5, 0.6) is 0 Å². The lowest BCUT2D eigenvalue weighted by Gasteiger charge is -2.43. The number of anilines is 1. The minimum atomic E-state index is 0.611. The topological polar surface area (TPSA) is 28.2 Å². The zero-order valence-electron chi connectivity index (χ0n) is 9.90.